The van der Waals surface area contributed by atoms with E-state index in [1.807, 2.05) is 59.8 Å². The first-order chi connectivity index (χ1) is 25.1. The van der Waals surface area contributed by atoms with Crippen molar-refractivity contribution < 1.29 is 20.0 Å². The van der Waals surface area contributed by atoms with Gasteiger partial charge in [-0.2, -0.15) is 0 Å². The molecule has 0 aromatic heterocycles. The lowest BCUT2D eigenvalue weighted by Crippen LogP contribution is -2.38. The first-order valence-electron chi connectivity index (χ1n) is 19.6. The Labute approximate surface area is 330 Å². The molecule has 1 saturated heterocycles. The smallest absolute Gasteiger partial charge is 0.105 e. The molecule has 1 rings (SSSR count). The van der Waals surface area contributed by atoms with E-state index in [1.165, 1.54) is 27.9 Å². The third-order valence-corrected chi connectivity index (χ3v) is 9.29. The Morgan fingerprint density at radius 1 is 0.630 bits per heavy atom. The van der Waals surface area contributed by atoms with Crippen LogP contribution in [0, 0.1) is 11.8 Å². The number of hydrogen-bond donors (Lipinski definition) is 2. The van der Waals surface area contributed by atoms with Gasteiger partial charge in [0.05, 0.1) is 11.2 Å². The van der Waals surface area contributed by atoms with Crippen molar-refractivity contribution in [3.8, 4) is 0 Å². The van der Waals surface area contributed by atoms with Gasteiger partial charge in [0.1, 0.15) is 11.7 Å². The van der Waals surface area contributed by atoms with Crippen LogP contribution in [0.3, 0.4) is 0 Å². The highest BCUT2D eigenvalue weighted by Crippen LogP contribution is 2.36. The van der Waals surface area contributed by atoms with Gasteiger partial charge < -0.3 is 10.2 Å². The molecule has 0 aromatic rings. The SMILES string of the molecule is CC(C)=CCC(CCC(C)=CC=CC(C)=CC=CC(C)=CC=CC=C(C)C=CC=C(C)C=CC=C(C)C=CC(C1CC(C)(C)OO1)C(C)(C)O)C(C)(C)O. The fraction of sp³-hybridized carbons (Fsp3) is 0.480. The predicted molar refractivity (Wildman–Crippen MR) is 235 cm³/mol. The minimum absolute atomic E-state index is 0.181. The molecule has 1 heterocycles. The summed E-state index contributed by atoms with van der Waals surface area (Å²) in [5.41, 5.74) is 6.44. The van der Waals surface area contributed by atoms with Crippen molar-refractivity contribution in [1.82, 2.24) is 0 Å². The Kier molecular flexibility index (Phi) is 21.6. The second-order valence-corrected chi connectivity index (χ2v) is 17.0. The zero-order valence-corrected chi connectivity index (χ0v) is 36.2. The van der Waals surface area contributed by atoms with E-state index < -0.39 is 11.2 Å². The molecular weight excluding hydrogens is 665 g/mol. The van der Waals surface area contributed by atoms with Crippen LogP contribution in [0.25, 0.3) is 0 Å². The third-order valence-electron chi connectivity index (χ3n) is 9.29. The van der Waals surface area contributed by atoms with E-state index in [0.29, 0.717) is 0 Å². The maximum absolute atomic E-state index is 10.7. The topological polar surface area (TPSA) is 58.9 Å². The Morgan fingerprint density at radius 3 is 1.44 bits per heavy atom. The van der Waals surface area contributed by atoms with Crippen molar-refractivity contribution in [2.75, 3.05) is 0 Å². The van der Waals surface area contributed by atoms with Crippen molar-refractivity contribution in [2.45, 2.75) is 146 Å². The molecule has 0 amide bonds. The molecule has 0 saturated carbocycles. The Bertz CT molecular complexity index is 1570. The number of hydrogen-bond acceptors (Lipinski definition) is 4. The van der Waals surface area contributed by atoms with E-state index in [2.05, 4.69) is 153 Å². The lowest BCUT2D eigenvalue weighted by atomic mass is 9.82. The average Bonchev–Trinajstić information content (AvgIpc) is 3.40. The van der Waals surface area contributed by atoms with Gasteiger partial charge in [-0.3, -0.25) is 0 Å². The van der Waals surface area contributed by atoms with Crippen LogP contribution in [-0.2, 0) is 9.78 Å². The van der Waals surface area contributed by atoms with Crippen LogP contribution in [0.5, 0.6) is 0 Å². The second-order valence-electron chi connectivity index (χ2n) is 17.0. The molecule has 4 heteroatoms. The van der Waals surface area contributed by atoms with Crippen molar-refractivity contribution in [1.29, 1.82) is 0 Å². The molecule has 0 spiro atoms. The van der Waals surface area contributed by atoms with E-state index in [4.69, 9.17) is 9.78 Å². The van der Waals surface area contributed by atoms with Gasteiger partial charge in [0, 0.05) is 12.3 Å². The van der Waals surface area contributed by atoms with Crippen molar-refractivity contribution in [2.24, 2.45) is 11.8 Å². The van der Waals surface area contributed by atoms with Gasteiger partial charge in [0.15, 0.2) is 0 Å². The van der Waals surface area contributed by atoms with Crippen LogP contribution in [0.1, 0.15) is 123 Å². The number of aliphatic hydroxyl groups is 2. The number of rotatable bonds is 20. The van der Waals surface area contributed by atoms with Crippen molar-refractivity contribution in [3.05, 3.63) is 154 Å². The van der Waals surface area contributed by atoms with Crippen LogP contribution in [-0.4, -0.2) is 33.1 Å². The van der Waals surface area contributed by atoms with Crippen LogP contribution in [0.15, 0.2) is 154 Å². The zero-order chi connectivity index (χ0) is 41.0. The van der Waals surface area contributed by atoms with E-state index in [1.54, 1.807) is 0 Å². The summed E-state index contributed by atoms with van der Waals surface area (Å²) < 4.78 is 0. The molecule has 1 fully saturated rings. The first kappa shape index (κ1) is 48.5. The molecule has 3 atom stereocenters. The molecule has 54 heavy (non-hydrogen) atoms. The fourth-order valence-corrected chi connectivity index (χ4v) is 5.74. The molecule has 4 nitrogen and oxygen atoms in total. The summed E-state index contributed by atoms with van der Waals surface area (Å²) in [6, 6.07) is 0. The lowest BCUT2D eigenvalue weighted by molar-refractivity contribution is -0.327. The Hall–Kier alpha value is -3.54. The summed E-state index contributed by atoms with van der Waals surface area (Å²) in [7, 11) is 0. The van der Waals surface area contributed by atoms with Gasteiger partial charge in [-0.1, -0.05) is 154 Å². The fourth-order valence-electron chi connectivity index (χ4n) is 5.74. The molecule has 1 aliphatic rings. The van der Waals surface area contributed by atoms with Gasteiger partial charge in [-0.15, -0.1) is 0 Å². The highest BCUT2D eigenvalue weighted by molar-refractivity contribution is 5.33. The van der Waals surface area contributed by atoms with Gasteiger partial charge >= 0.3 is 0 Å². The van der Waals surface area contributed by atoms with E-state index in [-0.39, 0.29) is 23.5 Å². The minimum Gasteiger partial charge on any atom is -0.390 e. The quantitative estimate of drug-likeness (QED) is 0.0742. The van der Waals surface area contributed by atoms with Crippen LogP contribution in [0.4, 0.5) is 0 Å². The van der Waals surface area contributed by atoms with E-state index >= 15 is 0 Å². The van der Waals surface area contributed by atoms with Crippen LogP contribution in [0.2, 0.25) is 0 Å². The standard InChI is InChI=1S/C50H74O4/c1-38(2)31-34-45(49(11,12)51)35-32-43(7)29-19-27-41(5)25-17-23-39(3)21-15-16-22-40(4)24-18-26-42(6)28-20-30-44(8)33-36-46(50(13,14)52)47-37-48(9,10)54-53-47/h15-31,33,36,45-47,51-52H,32,34-35,37H2,1-14H3. The summed E-state index contributed by atoms with van der Waals surface area (Å²) in [6.07, 6.45) is 43.3. The summed E-state index contributed by atoms with van der Waals surface area (Å²) >= 11 is 0. The Balaban J connectivity index is 2.63. The molecule has 1 aliphatic heterocycles. The first-order valence-corrected chi connectivity index (χ1v) is 19.6. The van der Waals surface area contributed by atoms with E-state index in [0.717, 1.165) is 36.8 Å². The average molecular weight is 739 g/mol. The molecule has 0 bridgehead atoms. The van der Waals surface area contributed by atoms with Crippen molar-refractivity contribution in [3.63, 3.8) is 0 Å². The molecule has 0 radical (unpaired) electrons. The summed E-state index contributed by atoms with van der Waals surface area (Å²) in [4.78, 5) is 11.0. The molecule has 298 valence electrons. The zero-order valence-electron chi connectivity index (χ0n) is 36.2. The van der Waals surface area contributed by atoms with Gasteiger partial charge in [0.25, 0.3) is 0 Å². The molecule has 0 aromatic carbocycles. The monoisotopic (exact) mass is 739 g/mol. The molecule has 3 unspecified atom stereocenters. The summed E-state index contributed by atoms with van der Waals surface area (Å²) in [5.74, 6) is 0.0661. The highest BCUT2D eigenvalue weighted by Gasteiger charge is 2.42. The van der Waals surface area contributed by atoms with Gasteiger partial charge in [-0.05, 0) is 122 Å². The Morgan fingerprint density at radius 2 is 1.06 bits per heavy atom. The predicted octanol–water partition coefficient (Wildman–Crippen LogP) is 13.4. The molecule has 0 aliphatic carbocycles. The van der Waals surface area contributed by atoms with E-state index in [9.17, 15) is 10.2 Å². The maximum atomic E-state index is 10.7. The van der Waals surface area contributed by atoms with Crippen LogP contribution < -0.4 is 0 Å². The third kappa shape index (κ3) is 22.6. The van der Waals surface area contributed by atoms with Crippen LogP contribution >= 0.6 is 0 Å². The van der Waals surface area contributed by atoms with Gasteiger partial charge in [0.2, 0.25) is 0 Å². The molecular formula is C50H74O4. The maximum Gasteiger partial charge on any atom is 0.105 e. The minimum atomic E-state index is -0.924. The largest absolute Gasteiger partial charge is 0.390 e. The second kappa shape index (κ2) is 24.1. The summed E-state index contributed by atoms with van der Waals surface area (Å²) in [6.45, 7) is 28.3. The molecule has 2 N–H and O–H groups in total. The lowest BCUT2D eigenvalue weighted by Gasteiger charge is -2.30. The highest BCUT2D eigenvalue weighted by atomic mass is 17.2. The summed E-state index contributed by atoms with van der Waals surface area (Å²) in [5, 5.41) is 21.3. The normalized spacial score (nSPS) is 20.3. The van der Waals surface area contributed by atoms with Gasteiger partial charge in [-0.25, -0.2) is 9.78 Å². The number of allylic oxidation sites excluding steroid dienone is 25. The van der Waals surface area contributed by atoms with Crippen molar-refractivity contribution >= 4 is 0 Å².